The highest BCUT2D eigenvalue weighted by Gasteiger charge is 2.15. The molecule has 5 nitrogen and oxygen atoms in total. The van der Waals surface area contributed by atoms with Crippen LogP contribution in [0.4, 0.5) is 11.4 Å². The second kappa shape index (κ2) is 7.54. The molecule has 0 fully saturated rings. The normalized spacial score (nSPS) is 11.5. The van der Waals surface area contributed by atoms with Crippen molar-refractivity contribution in [1.29, 1.82) is 0 Å². The van der Waals surface area contributed by atoms with Crippen molar-refractivity contribution in [3.63, 3.8) is 0 Å². The molecule has 0 aliphatic heterocycles. The van der Waals surface area contributed by atoms with Gasteiger partial charge in [0.25, 0.3) is 0 Å². The van der Waals surface area contributed by atoms with Crippen LogP contribution in [0.3, 0.4) is 0 Å². The maximum absolute atomic E-state index is 12.3. The minimum Gasteiger partial charge on any atom is -0.493 e. The molecule has 0 aromatic heterocycles. The molecule has 5 heteroatoms. The van der Waals surface area contributed by atoms with E-state index in [9.17, 15) is 4.79 Å². The van der Waals surface area contributed by atoms with Crippen molar-refractivity contribution in [2.75, 3.05) is 24.9 Å². The largest absolute Gasteiger partial charge is 0.493 e. The first-order chi connectivity index (χ1) is 11.0. The van der Waals surface area contributed by atoms with Gasteiger partial charge in [-0.2, -0.15) is 0 Å². The highest BCUT2D eigenvalue weighted by molar-refractivity contribution is 5.96. The Hall–Kier alpha value is -2.69. The van der Waals surface area contributed by atoms with Gasteiger partial charge in [0, 0.05) is 17.4 Å². The monoisotopic (exact) mass is 314 g/mol. The Kier molecular flexibility index (Phi) is 5.46. The molecule has 0 saturated heterocycles. The highest BCUT2D eigenvalue weighted by Crippen LogP contribution is 2.33. The van der Waals surface area contributed by atoms with Crippen molar-refractivity contribution in [2.24, 2.45) is 0 Å². The topological polar surface area (TPSA) is 59.6 Å². The molecule has 1 amide bonds. The zero-order valence-electron chi connectivity index (χ0n) is 13.8. The third-order valence-electron chi connectivity index (χ3n) is 3.54. The third-order valence-corrected chi connectivity index (χ3v) is 3.54. The molecular formula is C18H22N2O3. The number of methoxy groups -OCH3 is 2. The number of carbonyl (C=O) groups is 1. The van der Waals surface area contributed by atoms with Gasteiger partial charge in [-0.15, -0.1) is 0 Å². The van der Waals surface area contributed by atoms with Crippen LogP contribution in [0.5, 0.6) is 11.5 Å². The minimum absolute atomic E-state index is 0.106. The maximum Gasteiger partial charge on any atom is 0.246 e. The van der Waals surface area contributed by atoms with Crippen molar-refractivity contribution in [3.8, 4) is 11.5 Å². The van der Waals surface area contributed by atoms with Gasteiger partial charge in [-0.1, -0.05) is 18.2 Å². The summed E-state index contributed by atoms with van der Waals surface area (Å²) in [4.78, 5) is 12.3. The summed E-state index contributed by atoms with van der Waals surface area (Å²) in [5, 5.41) is 6.08. The first kappa shape index (κ1) is 16.7. The molecule has 23 heavy (non-hydrogen) atoms. The Balaban J connectivity index is 2.10. The fraction of sp³-hybridized carbons (Fsp3) is 0.278. The molecule has 2 N–H and O–H groups in total. The molecule has 2 aromatic rings. The van der Waals surface area contributed by atoms with Gasteiger partial charge in [0.05, 0.1) is 14.2 Å². The Morgan fingerprint density at radius 2 is 1.65 bits per heavy atom. The van der Waals surface area contributed by atoms with E-state index in [1.54, 1.807) is 14.2 Å². The lowest BCUT2D eigenvalue weighted by atomic mass is 10.1. The van der Waals surface area contributed by atoms with Crippen molar-refractivity contribution in [3.05, 3.63) is 48.0 Å². The Morgan fingerprint density at radius 1 is 1.04 bits per heavy atom. The number of nitrogens with one attached hydrogen (secondary N) is 2. The molecule has 0 unspecified atom stereocenters. The molecule has 0 aliphatic rings. The van der Waals surface area contributed by atoms with Crippen LogP contribution < -0.4 is 20.1 Å². The summed E-state index contributed by atoms with van der Waals surface area (Å²) in [6, 6.07) is 12.7. The van der Waals surface area contributed by atoms with E-state index >= 15 is 0 Å². The smallest absolute Gasteiger partial charge is 0.246 e. The van der Waals surface area contributed by atoms with Crippen molar-refractivity contribution in [2.45, 2.75) is 19.9 Å². The SMILES string of the molecule is COc1cc(C)c(N[C@@H](C)C(=O)Nc2ccccc2)cc1OC. The summed E-state index contributed by atoms with van der Waals surface area (Å²) >= 11 is 0. The highest BCUT2D eigenvalue weighted by atomic mass is 16.5. The number of carbonyl (C=O) groups excluding carboxylic acids is 1. The first-order valence-electron chi connectivity index (χ1n) is 7.40. The van der Waals surface area contributed by atoms with Gasteiger partial charge in [-0.3, -0.25) is 4.79 Å². The molecule has 0 spiro atoms. The van der Waals surface area contributed by atoms with Gasteiger partial charge in [0.1, 0.15) is 6.04 Å². The standard InChI is InChI=1S/C18H22N2O3/c1-12-10-16(22-3)17(23-4)11-15(12)19-13(2)18(21)20-14-8-6-5-7-9-14/h5-11,13,19H,1-4H3,(H,20,21)/t13-/m0/s1. The first-order valence-corrected chi connectivity index (χ1v) is 7.40. The molecule has 0 bridgehead atoms. The van der Waals surface area contributed by atoms with Gasteiger partial charge in [-0.05, 0) is 37.6 Å². The molecule has 122 valence electrons. The molecule has 0 heterocycles. The lowest BCUT2D eigenvalue weighted by Gasteiger charge is -2.18. The van der Waals surface area contributed by atoms with E-state index in [0.717, 1.165) is 16.9 Å². The van der Waals surface area contributed by atoms with E-state index in [4.69, 9.17) is 9.47 Å². The lowest BCUT2D eigenvalue weighted by molar-refractivity contribution is -0.116. The number of ether oxygens (including phenoxy) is 2. The Labute approximate surface area is 136 Å². The number of hydrogen-bond acceptors (Lipinski definition) is 4. The van der Waals surface area contributed by atoms with Crippen molar-refractivity contribution in [1.82, 2.24) is 0 Å². The fourth-order valence-electron chi connectivity index (χ4n) is 2.21. The van der Waals surface area contributed by atoms with Crippen LogP contribution in [0.25, 0.3) is 0 Å². The average molecular weight is 314 g/mol. The fourth-order valence-corrected chi connectivity index (χ4v) is 2.21. The Bertz CT molecular complexity index is 671. The van der Waals surface area contributed by atoms with E-state index in [-0.39, 0.29) is 5.91 Å². The number of rotatable bonds is 6. The predicted molar refractivity (Wildman–Crippen MR) is 92.4 cm³/mol. The van der Waals surface area contributed by atoms with Crippen LogP contribution in [0.2, 0.25) is 0 Å². The summed E-state index contributed by atoms with van der Waals surface area (Å²) in [7, 11) is 3.18. The number of aryl methyl sites for hydroxylation is 1. The van der Waals surface area contributed by atoms with Crippen LogP contribution in [-0.4, -0.2) is 26.2 Å². The Morgan fingerprint density at radius 3 is 2.26 bits per heavy atom. The second-order valence-electron chi connectivity index (χ2n) is 5.24. The summed E-state index contributed by atoms with van der Waals surface area (Å²) in [6.07, 6.45) is 0. The van der Waals surface area contributed by atoms with Crippen molar-refractivity contribution >= 4 is 17.3 Å². The quantitative estimate of drug-likeness (QED) is 0.857. The van der Waals surface area contributed by atoms with Gasteiger partial charge in [0.2, 0.25) is 5.91 Å². The molecule has 0 saturated carbocycles. The maximum atomic E-state index is 12.3. The average Bonchev–Trinajstić information content (AvgIpc) is 2.57. The van der Waals surface area contributed by atoms with Gasteiger partial charge in [0.15, 0.2) is 11.5 Å². The summed E-state index contributed by atoms with van der Waals surface area (Å²) in [5.74, 6) is 1.18. The molecule has 0 aliphatic carbocycles. The predicted octanol–water partition coefficient (Wildman–Crippen LogP) is 3.45. The zero-order valence-corrected chi connectivity index (χ0v) is 13.8. The summed E-state index contributed by atoms with van der Waals surface area (Å²) in [6.45, 7) is 3.76. The molecular weight excluding hydrogens is 292 g/mol. The van der Waals surface area contributed by atoms with Gasteiger partial charge < -0.3 is 20.1 Å². The number of para-hydroxylation sites is 1. The third kappa shape index (κ3) is 4.16. The minimum atomic E-state index is -0.396. The number of hydrogen-bond donors (Lipinski definition) is 2. The van der Waals surface area contributed by atoms with Gasteiger partial charge >= 0.3 is 0 Å². The van der Waals surface area contributed by atoms with Crippen LogP contribution in [0, 0.1) is 6.92 Å². The molecule has 2 rings (SSSR count). The van der Waals surface area contributed by atoms with Crippen LogP contribution in [0.1, 0.15) is 12.5 Å². The second-order valence-corrected chi connectivity index (χ2v) is 5.24. The van der Waals surface area contributed by atoms with E-state index in [1.165, 1.54) is 0 Å². The van der Waals surface area contributed by atoms with E-state index < -0.39 is 6.04 Å². The number of benzene rings is 2. The summed E-state index contributed by atoms with van der Waals surface area (Å²) < 4.78 is 10.6. The van der Waals surface area contributed by atoms with E-state index in [0.29, 0.717) is 11.5 Å². The van der Waals surface area contributed by atoms with E-state index in [2.05, 4.69) is 10.6 Å². The lowest BCUT2D eigenvalue weighted by Crippen LogP contribution is -2.32. The summed E-state index contributed by atoms with van der Waals surface area (Å²) in [5.41, 5.74) is 2.58. The van der Waals surface area contributed by atoms with Crippen LogP contribution >= 0.6 is 0 Å². The number of amides is 1. The van der Waals surface area contributed by atoms with Crippen molar-refractivity contribution < 1.29 is 14.3 Å². The molecule has 0 radical (unpaired) electrons. The zero-order chi connectivity index (χ0) is 16.8. The van der Waals surface area contributed by atoms with Crippen LogP contribution in [-0.2, 0) is 4.79 Å². The number of anilines is 2. The molecule has 2 aromatic carbocycles. The van der Waals surface area contributed by atoms with Gasteiger partial charge in [-0.25, -0.2) is 0 Å². The van der Waals surface area contributed by atoms with Crippen LogP contribution in [0.15, 0.2) is 42.5 Å². The van der Waals surface area contributed by atoms with E-state index in [1.807, 2.05) is 56.3 Å². The molecule has 1 atom stereocenters.